The maximum absolute atomic E-state index is 12.5. The van der Waals surface area contributed by atoms with Gasteiger partial charge in [-0.25, -0.2) is 0 Å². The first kappa shape index (κ1) is 16.9. The summed E-state index contributed by atoms with van der Waals surface area (Å²) in [6.45, 7) is 0. The average molecular weight is 363 g/mol. The molecule has 2 heterocycles. The van der Waals surface area contributed by atoms with Crippen molar-refractivity contribution in [3.8, 4) is 17.1 Å². The van der Waals surface area contributed by atoms with E-state index in [1.807, 2.05) is 24.3 Å². The molecule has 1 aliphatic rings. The van der Waals surface area contributed by atoms with Crippen molar-refractivity contribution < 1.29 is 14.3 Å². The molecule has 1 aliphatic heterocycles. The standard InChI is InChI=1S/C19H17N5O3/c1-24-22-19(21-23-24)12-5-4-6-14(9-12)20-17(25)10-13-11-18(26)27-16-8-3-2-7-15(13)16/h2-9,13H,10-11H2,1H3,(H,20,25)/t13-/m1/s1. The number of esters is 1. The van der Waals surface area contributed by atoms with Crippen molar-refractivity contribution in [2.24, 2.45) is 7.05 Å². The number of benzene rings is 2. The predicted molar refractivity (Wildman–Crippen MR) is 96.9 cm³/mol. The molecule has 27 heavy (non-hydrogen) atoms. The van der Waals surface area contributed by atoms with Crippen LogP contribution in [0.4, 0.5) is 5.69 Å². The Bertz CT molecular complexity index is 1010. The first-order chi connectivity index (χ1) is 13.1. The minimum atomic E-state index is -0.317. The smallest absolute Gasteiger partial charge is 0.311 e. The van der Waals surface area contributed by atoms with E-state index in [0.29, 0.717) is 17.3 Å². The Balaban J connectivity index is 1.48. The molecule has 1 aromatic heterocycles. The fraction of sp³-hybridized carbons (Fsp3) is 0.211. The molecule has 1 N–H and O–H groups in total. The van der Waals surface area contributed by atoms with Crippen LogP contribution in [0.5, 0.6) is 5.75 Å². The molecule has 0 radical (unpaired) electrons. The number of tetrazole rings is 1. The summed E-state index contributed by atoms with van der Waals surface area (Å²) in [5, 5.41) is 14.8. The summed E-state index contributed by atoms with van der Waals surface area (Å²) in [7, 11) is 1.69. The van der Waals surface area contributed by atoms with Crippen molar-refractivity contribution >= 4 is 17.6 Å². The largest absolute Gasteiger partial charge is 0.426 e. The Kier molecular flexibility index (Phi) is 4.37. The molecular weight excluding hydrogens is 346 g/mol. The van der Waals surface area contributed by atoms with Gasteiger partial charge in [-0.3, -0.25) is 9.59 Å². The van der Waals surface area contributed by atoms with Crippen LogP contribution in [0.15, 0.2) is 48.5 Å². The van der Waals surface area contributed by atoms with Gasteiger partial charge in [0.15, 0.2) is 0 Å². The second-order valence-corrected chi connectivity index (χ2v) is 6.35. The van der Waals surface area contributed by atoms with E-state index in [4.69, 9.17) is 4.74 Å². The SMILES string of the molecule is Cn1nnc(-c2cccc(NC(=O)C[C@@H]3CC(=O)Oc4ccccc43)c2)n1. The van der Waals surface area contributed by atoms with Gasteiger partial charge in [-0.1, -0.05) is 30.3 Å². The highest BCUT2D eigenvalue weighted by molar-refractivity contribution is 5.92. The predicted octanol–water partition coefficient (Wildman–Crippen LogP) is 2.30. The fourth-order valence-corrected chi connectivity index (χ4v) is 3.14. The molecule has 1 atom stereocenters. The lowest BCUT2D eigenvalue weighted by Crippen LogP contribution is -2.24. The third-order valence-electron chi connectivity index (χ3n) is 4.34. The van der Waals surface area contributed by atoms with Crippen LogP contribution in [0.1, 0.15) is 24.3 Å². The number of ether oxygens (including phenoxy) is 1. The van der Waals surface area contributed by atoms with E-state index >= 15 is 0 Å². The van der Waals surface area contributed by atoms with E-state index in [-0.39, 0.29) is 30.6 Å². The second kappa shape index (κ2) is 6.99. The van der Waals surface area contributed by atoms with Gasteiger partial charge in [0.1, 0.15) is 5.75 Å². The molecule has 0 unspecified atom stereocenters. The Morgan fingerprint density at radius 1 is 1.26 bits per heavy atom. The van der Waals surface area contributed by atoms with Crippen LogP contribution in [-0.2, 0) is 16.6 Å². The first-order valence-electron chi connectivity index (χ1n) is 8.52. The van der Waals surface area contributed by atoms with Crippen LogP contribution in [0.2, 0.25) is 0 Å². The number of para-hydroxylation sites is 1. The number of nitrogens with one attached hydrogen (secondary N) is 1. The maximum Gasteiger partial charge on any atom is 0.311 e. The Hall–Kier alpha value is -3.55. The highest BCUT2D eigenvalue weighted by atomic mass is 16.5. The van der Waals surface area contributed by atoms with Gasteiger partial charge in [-0.2, -0.15) is 4.80 Å². The van der Waals surface area contributed by atoms with E-state index < -0.39 is 0 Å². The summed E-state index contributed by atoms with van der Waals surface area (Å²) in [6.07, 6.45) is 0.383. The summed E-state index contributed by atoms with van der Waals surface area (Å²) >= 11 is 0. The number of aryl methyl sites for hydroxylation is 1. The van der Waals surface area contributed by atoms with Gasteiger partial charge < -0.3 is 10.1 Å². The Labute approximate surface area is 155 Å². The molecule has 0 bridgehead atoms. The Morgan fingerprint density at radius 2 is 2.11 bits per heavy atom. The zero-order chi connectivity index (χ0) is 18.8. The van der Waals surface area contributed by atoms with Crippen LogP contribution >= 0.6 is 0 Å². The van der Waals surface area contributed by atoms with E-state index in [9.17, 15) is 9.59 Å². The summed E-state index contributed by atoms with van der Waals surface area (Å²) in [4.78, 5) is 25.7. The van der Waals surface area contributed by atoms with Gasteiger partial charge in [0.25, 0.3) is 0 Å². The van der Waals surface area contributed by atoms with Gasteiger partial charge in [-0.05, 0) is 29.0 Å². The number of rotatable bonds is 4. The zero-order valence-electron chi connectivity index (χ0n) is 14.6. The molecule has 0 saturated carbocycles. The highest BCUT2D eigenvalue weighted by Crippen LogP contribution is 2.36. The number of fused-ring (bicyclic) bond motifs is 1. The number of hydrogen-bond acceptors (Lipinski definition) is 6. The minimum Gasteiger partial charge on any atom is -0.426 e. The summed E-state index contributed by atoms with van der Waals surface area (Å²) < 4.78 is 5.24. The van der Waals surface area contributed by atoms with Crippen molar-refractivity contribution in [2.75, 3.05) is 5.32 Å². The molecule has 4 rings (SSSR count). The van der Waals surface area contributed by atoms with Crippen LogP contribution in [0.3, 0.4) is 0 Å². The number of carbonyl (C=O) groups is 2. The van der Waals surface area contributed by atoms with Crippen molar-refractivity contribution in [3.63, 3.8) is 0 Å². The number of amides is 1. The van der Waals surface area contributed by atoms with Gasteiger partial charge in [-0.15, -0.1) is 10.2 Å². The van der Waals surface area contributed by atoms with E-state index in [2.05, 4.69) is 20.7 Å². The minimum absolute atomic E-state index is 0.172. The quantitative estimate of drug-likeness (QED) is 0.564. The third-order valence-corrected chi connectivity index (χ3v) is 4.34. The van der Waals surface area contributed by atoms with Crippen LogP contribution in [0.25, 0.3) is 11.4 Å². The van der Waals surface area contributed by atoms with Crippen molar-refractivity contribution in [1.82, 2.24) is 20.2 Å². The highest BCUT2D eigenvalue weighted by Gasteiger charge is 2.28. The number of carbonyl (C=O) groups excluding carboxylic acids is 2. The Morgan fingerprint density at radius 3 is 2.93 bits per heavy atom. The van der Waals surface area contributed by atoms with Crippen LogP contribution < -0.4 is 10.1 Å². The van der Waals surface area contributed by atoms with Gasteiger partial charge in [0.2, 0.25) is 11.7 Å². The van der Waals surface area contributed by atoms with Crippen molar-refractivity contribution in [3.05, 3.63) is 54.1 Å². The third kappa shape index (κ3) is 3.69. The molecule has 3 aromatic rings. The molecule has 0 spiro atoms. The molecule has 136 valence electrons. The molecule has 0 fully saturated rings. The fourth-order valence-electron chi connectivity index (χ4n) is 3.14. The normalized spacial score (nSPS) is 15.7. The summed E-state index contributed by atoms with van der Waals surface area (Å²) in [5.74, 6) is 0.322. The summed E-state index contributed by atoms with van der Waals surface area (Å²) in [6, 6.07) is 14.6. The van der Waals surface area contributed by atoms with E-state index in [0.717, 1.165) is 11.1 Å². The zero-order valence-corrected chi connectivity index (χ0v) is 14.6. The number of aromatic nitrogens is 4. The lowest BCUT2D eigenvalue weighted by atomic mass is 9.89. The lowest BCUT2D eigenvalue weighted by Gasteiger charge is -2.23. The van der Waals surface area contributed by atoms with Gasteiger partial charge >= 0.3 is 5.97 Å². The monoisotopic (exact) mass is 363 g/mol. The molecular formula is C19H17N5O3. The molecule has 8 heteroatoms. The first-order valence-corrected chi connectivity index (χ1v) is 8.52. The molecule has 0 aliphatic carbocycles. The van der Waals surface area contributed by atoms with Gasteiger partial charge in [0, 0.05) is 23.6 Å². The van der Waals surface area contributed by atoms with E-state index in [1.54, 1.807) is 31.3 Å². The van der Waals surface area contributed by atoms with Crippen LogP contribution in [0, 0.1) is 0 Å². The topological polar surface area (TPSA) is 99.0 Å². The average Bonchev–Trinajstić information content (AvgIpc) is 3.08. The molecule has 1 amide bonds. The lowest BCUT2D eigenvalue weighted by molar-refractivity contribution is -0.136. The molecule has 8 nitrogen and oxygen atoms in total. The number of nitrogens with zero attached hydrogens (tertiary/aromatic N) is 4. The number of anilines is 1. The molecule has 2 aromatic carbocycles. The van der Waals surface area contributed by atoms with Crippen molar-refractivity contribution in [1.29, 1.82) is 0 Å². The molecule has 0 saturated heterocycles. The van der Waals surface area contributed by atoms with Crippen LogP contribution in [-0.4, -0.2) is 32.1 Å². The van der Waals surface area contributed by atoms with Gasteiger partial charge in [0.05, 0.1) is 13.5 Å². The number of hydrogen-bond donors (Lipinski definition) is 1. The second-order valence-electron chi connectivity index (χ2n) is 6.35. The maximum atomic E-state index is 12.5. The van der Waals surface area contributed by atoms with E-state index in [1.165, 1.54) is 4.80 Å². The summed E-state index contributed by atoms with van der Waals surface area (Å²) in [5.41, 5.74) is 2.27. The van der Waals surface area contributed by atoms with Crippen molar-refractivity contribution in [2.45, 2.75) is 18.8 Å².